The van der Waals surface area contributed by atoms with Crippen LogP contribution in [0, 0.1) is 5.92 Å². The highest BCUT2D eigenvalue weighted by Crippen LogP contribution is 2.39. The molecule has 0 heterocycles. The maximum atomic E-state index is 6.22. The number of benzene rings is 1. The third kappa shape index (κ3) is 3.19. The van der Waals surface area contributed by atoms with E-state index in [1.165, 1.54) is 37.7 Å². The second-order valence-corrected chi connectivity index (χ2v) is 6.58. The Morgan fingerprint density at radius 2 is 2.20 bits per heavy atom. The van der Waals surface area contributed by atoms with Crippen LogP contribution in [0.4, 0.5) is 0 Å². The summed E-state index contributed by atoms with van der Waals surface area (Å²) in [4.78, 5) is 2.48. The van der Waals surface area contributed by atoms with Gasteiger partial charge in [0.1, 0.15) is 0 Å². The van der Waals surface area contributed by atoms with Gasteiger partial charge in [0.2, 0.25) is 0 Å². The fourth-order valence-electron chi connectivity index (χ4n) is 3.87. The molecule has 1 fully saturated rings. The van der Waals surface area contributed by atoms with E-state index in [0.29, 0.717) is 5.92 Å². The van der Waals surface area contributed by atoms with Crippen LogP contribution in [0.1, 0.15) is 44.6 Å². The van der Waals surface area contributed by atoms with Crippen molar-refractivity contribution in [2.24, 2.45) is 11.7 Å². The van der Waals surface area contributed by atoms with Gasteiger partial charge in [0.15, 0.2) is 0 Å². The maximum Gasteiger partial charge on any atom is 0.0409 e. The van der Waals surface area contributed by atoms with Crippen molar-refractivity contribution in [3.05, 3.63) is 34.9 Å². The Hall–Kier alpha value is -0.570. The Labute approximate surface area is 128 Å². The average molecular weight is 295 g/mol. The van der Waals surface area contributed by atoms with Gasteiger partial charge in [-0.25, -0.2) is 0 Å². The van der Waals surface area contributed by atoms with Gasteiger partial charge in [-0.2, -0.15) is 0 Å². The van der Waals surface area contributed by atoms with E-state index >= 15 is 0 Å². The second-order valence-electron chi connectivity index (χ2n) is 6.14. The van der Waals surface area contributed by atoms with Crippen molar-refractivity contribution < 1.29 is 0 Å². The maximum absolute atomic E-state index is 6.22. The molecule has 2 unspecified atom stereocenters. The molecule has 2 nitrogen and oxygen atoms in total. The number of rotatable bonds is 5. The summed E-state index contributed by atoms with van der Waals surface area (Å²) in [6.07, 6.45) is 6.41. The molecule has 2 N–H and O–H groups in total. The van der Waals surface area contributed by atoms with Crippen LogP contribution in [0.2, 0.25) is 5.02 Å². The largest absolute Gasteiger partial charge is 0.329 e. The molecule has 1 aromatic rings. The highest BCUT2D eigenvalue weighted by atomic mass is 35.5. The van der Waals surface area contributed by atoms with Gasteiger partial charge in [-0.1, -0.05) is 49.9 Å². The third-order valence-electron chi connectivity index (χ3n) is 5.09. The second kappa shape index (κ2) is 6.93. The third-order valence-corrected chi connectivity index (χ3v) is 5.32. The lowest BCUT2D eigenvalue weighted by Crippen LogP contribution is -2.58. The SMILES string of the molecule is CCC1CCCCC1(CN)N(C)Cc1cccc(Cl)c1. The highest BCUT2D eigenvalue weighted by Gasteiger charge is 2.41. The van der Waals surface area contributed by atoms with E-state index in [-0.39, 0.29) is 5.54 Å². The van der Waals surface area contributed by atoms with Gasteiger partial charge in [-0.3, -0.25) is 4.90 Å². The highest BCUT2D eigenvalue weighted by molar-refractivity contribution is 6.30. The van der Waals surface area contributed by atoms with Crippen LogP contribution >= 0.6 is 11.6 Å². The molecule has 0 spiro atoms. The molecule has 20 heavy (non-hydrogen) atoms. The first-order valence-corrected chi connectivity index (χ1v) is 8.16. The van der Waals surface area contributed by atoms with Crippen LogP contribution < -0.4 is 5.73 Å². The van der Waals surface area contributed by atoms with Gasteiger partial charge in [0, 0.05) is 23.7 Å². The number of nitrogens with two attached hydrogens (primary N) is 1. The summed E-state index contributed by atoms with van der Waals surface area (Å²) >= 11 is 6.10. The lowest BCUT2D eigenvalue weighted by molar-refractivity contribution is 0.0177. The number of hydrogen-bond donors (Lipinski definition) is 1. The zero-order chi connectivity index (χ0) is 14.6. The fourth-order valence-corrected chi connectivity index (χ4v) is 4.09. The quantitative estimate of drug-likeness (QED) is 0.887. The summed E-state index contributed by atoms with van der Waals surface area (Å²) in [5.74, 6) is 0.713. The molecule has 3 heteroatoms. The molecule has 1 aliphatic rings. The van der Waals surface area contributed by atoms with E-state index in [0.717, 1.165) is 18.1 Å². The normalized spacial score (nSPS) is 26.9. The first kappa shape index (κ1) is 15.8. The first-order valence-electron chi connectivity index (χ1n) is 7.78. The molecule has 0 bridgehead atoms. The molecule has 1 aromatic carbocycles. The van der Waals surface area contributed by atoms with Crippen molar-refractivity contribution in [1.29, 1.82) is 0 Å². The predicted octanol–water partition coefficient (Wildman–Crippen LogP) is 4.07. The van der Waals surface area contributed by atoms with Gasteiger partial charge < -0.3 is 5.73 Å². The summed E-state index contributed by atoms with van der Waals surface area (Å²) in [7, 11) is 2.22. The molecule has 1 aliphatic carbocycles. The lowest BCUT2D eigenvalue weighted by Gasteiger charge is -2.49. The van der Waals surface area contributed by atoms with Gasteiger partial charge in [-0.05, 0) is 43.5 Å². The van der Waals surface area contributed by atoms with Crippen molar-refractivity contribution >= 4 is 11.6 Å². The van der Waals surface area contributed by atoms with Crippen LogP contribution in [0.5, 0.6) is 0 Å². The Morgan fingerprint density at radius 1 is 1.40 bits per heavy atom. The van der Waals surface area contributed by atoms with Crippen LogP contribution in [0.3, 0.4) is 0 Å². The van der Waals surface area contributed by atoms with Crippen molar-refractivity contribution in [3.8, 4) is 0 Å². The molecule has 0 aromatic heterocycles. The number of likely N-dealkylation sites (N-methyl/N-ethyl adjacent to an activating group) is 1. The van der Waals surface area contributed by atoms with Crippen molar-refractivity contribution in [2.75, 3.05) is 13.6 Å². The van der Waals surface area contributed by atoms with Crippen molar-refractivity contribution in [1.82, 2.24) is 4.90 Å². The summed E-state index contributed by atoms with van der Waals surface area (Å²) in [5, 5.41) is 0.813. The van der Waals surface area contributed by atoms with E-state index in [1.807, 2.05) is 12.1 Å². The summed E-state index contributed by atoms with van der Waals surface area (Å²) < 4.78 is 0. The molecule has 2 atom stereocenters. The molecule has 0 amide bonds. The van der Waals surface area contributed by atoms with E-state index in [4.69, 9.17) is 17.3 Å². The average Bonchev–Trinajstić information content (AvgIpc) is 2.46. The Bertz CT molecular complexity index is 435. The molecule has 2 rings (SSSR count). The number of nitrogens with zero attached hydrogens (tertiary/aromatic N) is 1. The minimum atomic E-state index is 0.162. The van der Waals surface area contributed by atoms with Crippen LogP contribution in [-0.4, -0.2) is 24.0 Å². The van der Waals surface area contributed by atoms with Crippen molar-refractivity contribution in [3.63, 3.8) is 0 Å². The monoisotopic (exact) mass is 294 g/mol. The lowest BCUT2D eigenvalue weighted by atomic mass is 9.70. The van der Waals surface area contributed by atoms with Gasteiger partial charge in [0.05, 0.1) is 0 Å². The van der Waals surface area contributed by atoms with Crippen LogP contribution in [-0.2, 0) is 6.54 Å². The molecule has 1 saturated carbocycles. The van der Waals surface area contributed by atoms with E-state index in [9.17, 15) is 0 Å². The van der Waals surface area contributed by atoms with Crippen LogP contribution in [0.15, 0.2) is 24.3 Å². The fraction of sp³-hybridized carbons (Fsp3) is 0.647. The molecular weight excluding hydrogens is 268 g/mol. The van der Waals surface area contributed by atoms with Gasteiger partial charge in [-0.15, -0.1) is 0 Å². The summed E-state index contributed by atoms with van der Waals surface area (Å²) in [6.45, 7) is 3.98. The van der Waals surface area contributed by atoms with Crippen LogP contribution in [0.25, 0.3) is 0 Å². The first-order chi connectivity index (χ1) is 9.62. The van der Waals surface area contributed by atoms with E-state index < -0.39 is 0 Å². The predicted molar refractivity (Wildman–Crippen MR) is 87.0 cm³/mol. The van der Waals surface area contributed by atoms with Gasteiger partial charge >= 0.3 is 0 Å². The van der Waals surface area contributed by atoms with E-state index in [2.05, 4.69) is 31.0 Å². The molecular formula is C17H27ClN2. The molecule has 0 saturated heterocycles. The van der Waals surface area contributed by atoms with Crippen molar-refractivity contribution in [2.45, 2.75) is 51.1 Å². The number of halogens is 1. The Morgan fingerprint density at radius 3 is 2.85 bits per heavy atom. The minimum Gasteiger partial charge on any atom is -0.329 e. The van der Waals surface area contributed by atoms with E-state index in [1.54, 1.807) is 0 Å². The standard InChI is InChI=1S/C17H27ClN2/c1-3-15-8-4-5-10-17(15,13-19)20(2)12-14-7-6-9-16(18)11-14/h6-7,9,11,15H,3-5,8,10,12-13,19H2,1-2H3. The smallest absolute Gasteiger partial charge is 0.0409 e. The summed E-state index contributed by atoms with van der Waals surface area (Å²) in [6, 6.07) is 8.17. The zero-order valence-electron chi connectivity index (χ0n) is 12.7. The van der Waals surface area contributed by atoms with Gasteiger partial charge in [0.25, 0.3) is 0 Å². The Kier molecular flexibility index (Phi) is 5.48. The molecule has 112 valence electrons. The topological polar surface area (TPSA) is 29.3 Å². The molecule has 0 radical (unpaired) electrons. The molecule has 0 aliphatic heterocycles. The summed E-state index contributed by atoms with van der Waals surface area (Å²) in [5.41, 5.74) is 7.65. The minimum absolute atomic E-state index is 0.162. The number of hydrogen-bond acceptors (Lipinski definition) is 2. The Balaban J connectivity index is 2.17. The zero-order valence-corrected chi connectivity index (χ0v) is 13.5.